The van der Waals surface area contributed by atoms with Crippen molar-refractivity contribution >= 4 is 5.96 Å². The van der Waals surface area contributed by atoms with Crippen LogP contribution in [0.5, 0.6) is 0 Å². The van der Waals surface area contributed by atoms with E-state index in [1.165, 1.54) is 25.9 Å². The minimum atomic E-state index is 0.688. The maximum Gasteiger partial charge on any atom is 0.193 e. The van der Waals surface area contributed by atoms with Gasteiger partial charge in [-0.25, -0.2) is 4.98 Å². The number of guanidine groups is 1. The molecular formula is C21H32N6. The van der Waals surface area contributed by atoms with Gasteiger partial charge < -0.3 is 20.1 Å². The fourth-order valence-electron chi connectivity index (χ4n) is 3.71. The SMILES string of the molecule is CN=C(NCCN1CCCC(C)C1)N(C)Cc1ncc(-c2ccccc2)[nH]1. The maximum atomic E-state index is 4.52. The highest BCUT2D eigenvalue weighted by Gasteiger charge is 2.16. The molecule has 2 N–H and O–H groups in total. The molecule has 1 fully saturated rings. The monoisotopic (exact) mass is 368 g/mol. The summed E-state index contributed by atoms with van der Waals surface area (Å²) in [6.45, 7) is 7.44. The Bertz CT molecular complexity index is 723. The number of piperidine rings is 1. The topological polar surface area (TPSA) is 59.6 Å². The van der Waals surface area contributed by atoms with Crippen LogP contribution < -0.4 is 5.32 Å². The van der Waals surface area contributed by atoms with Crippen molar-refractivity contribution in [2.24, 2.45) is 10.9 Å². The molecule has 6 heteroatoms. The molecule has 1 aliphatic heterocycles. The summed E-state index contributed by atoms with van der Waals surface area (Å²) in [4.78, 5) is 17.0. The van der Waals surface area contributed by atoms with E-state index >= 15 is 0 Å². The molecule has 0 bridgehead atoms. The lowest BCUT2D eigenvalue weighted by atomic mass is 10.0. The second kappa shape index (κ2) is 9.55. The van der Waals surface area contributed by atoms with Crippen LogP contribution in [0.15, 0.2) is 41.5 Å². The summed E-state index contributed by atoms with van der Waals surface area (Å²) in [6, 6.07) is 10.3. The van der Waals surface area contributed by atoms with Gasteiger partial charge in [0.1, 0.15) is 5.82 Å². The van der Waals surface area contributed by atoms with E-state index in [2.05, 4.69) is 49.1 Å². The zero-order valence-corrected chi connectivity index (χ0v) is 16.8. The van der Waals surface area contributed by atoms with Crippen LogP contribution in [-0.2, 0) is 6.54 Å². The third-order valence-corrected chi connectivity index (χ3v) is 5.13. The standard InChI is InChI=1S/C21H32N6/c1-17-8-7-12-27(15-17)13-11-23-21(22-2)26(3)16-20-24-14-19(25-20)18-9-5-4-6-10-18/h4-6,9-10,14,17H,7-8,11-13,15-16H2,1-3H3,(H,22,23)(H,24,25). The number of nitrogens with one attached hydrogen (secondary N) is 2. The number of likely N-dealkylation sites (tertiary alicyclic amines) is 1. The van der Waals surface area contributed by atoms with Crippen molar-refractivity contribution in [3.05, 3.63) is 42.4 Å². The Morgan fingerprint density at radius 1 is 1.37 bits per heavy atom. The van der Waals surface area contributed by atoms with Crippen LogP contribution in [0.3, 0.4) is 0 Å². The van der Waals surface area contributed by atoms with E-state index in [0.29, 0.717) is 6.54 Å². The number of H-pyrrole nitrogens is 1. The first-order valence-corrected chi connectivity index (χ1v) is 9.89. The molecule has 0 aliphatic carbocycles. The molecule has 1 aromatic carbocycles. The maximum absolute atomic E-state index is 4.52. The molecule has 0 radical (unpaired) electrons. The second-order valence-electron chi connectivity index (χ2n) is 7.49. The molecule has 6 nitrogen and oxygen atoms in total. The third kappa shape index (κ3) is 5.57. The summed E-state index contributed by atoms with van der Waals surface area (Å²) >= 11 is 0. The van der Waals surface area contributed by atoms with Crippen molar-refractivity contribution in [1.29, 1.82) is 0 Å². The van der Waals surface area contributed by atoms with Crippen LogP contribution in [0.4, 0.5) is 0 Å². The van der Waals surface area contributed by atoms with Crippen molar-refractivity contribution in [3.8, 4) is 11.3 Å². The Morgan fingerprint density at radius 3 is 2.93 bits per heavy atom. The van der Waals surface area contributed by atoms with E-state index in [1.807, 2.05) is 38.5 Å². The number of hydrogen-bond acceptors (Lipinski definition) is 3. The van der Waals surface area contributed by atoms with E-state index in [4.69, 9.17) is 0 Å². The summed E-state index contributed by atoms with van der Waals surface area (Å²) in [7, 11) is 3.88. The van der Waals surface area contributed by atoms with Gasteiger partial charge in [0, 0.05) is 33.7 Å². The van der Waals surface area contributed by atoms with Crippen molar-refractivity contribution in [2.75, 3.05) is 40.3 Å². The van der Waals surface area contributed by atoms with E-state index in [-0.39, 0.29) is 0 Å². The van der Waals surface area contributed by atoms with Crippen molar-refractivity contribution in [3.63, 3.8) is 0 Å². The summed E-state index contributed by atoms with van der Waals surface area (Å²) in [5.74, 6) is 2.65. The van der Waals surface area contributed by atoms with Gasteiger partial charge in [-0.15, -0.1) is 0 Å². The lowest BCUT2D eigenvalue weighted by Crippen LogP contribution is -2.44. The Kier molecular flexibility index (Phi) is 6.87. The number of aromatic nitrogens is 2. The molecular weight excluding hydrogens is 336 g/mol. The van der Waals surface area contributed by atoms with E-state index in [1.54, 1.807) is 0 Å². The molecule has 27 heavy (non-hydrogen) atoms. The number of benzene rings is 1. The number of nitrogens with zero attached hydrogens (tertiary/aromatic N) is 4. The minimum absolute atomic E-state index is 0.688. The van der Waals surface area contributed by atoms with E-state index < -0.39 is 0 Å². The molecule has 2 aromatic rings. The summed E-state index contributed by atoms with van der Waals surface area (Å²) in [5, 5.41) is 3.48. The number of imidazole rings is 1. The molecule has 1 aromatic heterocycles. The predicted molar refractivity (Wildman–Crippen MR) is 112 cm³/mol. The second-order valence-corrected chi connectivity index (χ2v) is 7.49. The van der Waals surface area contributed by atoms with E-state index in [9.17, 15) is 0 Å². The van der Waals surface area contributed by atoms with Crippen molar-refractivity contribution in [2.45, 2.75) is 26.3 Å². The average Bonchev–Trinajstić information content (AvgIpc) is 3.14. The van der Waals surface area contributed by atoms with Crippen LogP contribution >= 0.6 is 0 Å². The summed E-state index contributed by atoms with van der Waals surface area (Å²) in [6.07, 6.45) is 4.58. The van der Waals surface area contributed by atoms with Crippen LogP contribution in [0.1, 0.15) is 25.6 Å². The molecule has 1 aliphatic rings. The first-order chi connectivity index (χ1) is 13.2. The number of hydrogen-bond donors (Lipinski definition) is 2. The molecule has 1 saturated heterocycles. The molecule has 146 valence electrons. The lowest BCUT2D eigenvalue weighted by Gasteiger charge is -2.31. The van der Waals surface area contributed by atoms with E-state index in [0.717, 1.165) is 42.0 Å². The molecule has 0 saturated carbocycles. The van der Waals surface area contributed by atoms with Gasteiger partial charge in [-0.3, -0.25) is 4.99 Å². The normalized spacial score (nSPS) is 18.5. The van der Waals surface area contributed by atoms with Gasteiger partial charge in [0.05, 0.1) is 18.4 Å². The highest BCUT2D eigenvalue weighted by atomic mass is 15.3. The molecule has 0 amide bonds. The highest BCUT2D eigenvalue weighted by molar-refractivity contribution is 5.79. The van der Waals surface area contributed by atoms with Gasteiger partial charge in [-0.2, -0.15) is 0 Å². The van der Waals surface area contributed by atoms with Crippen LogP contribution in [0.2, 0.25) is 0 Å². The van der Waals surface area contributed by atoms with Gasteiger partial charge in [0.2, 0.25) is 0 Å². The molecule has 1 atom stereocenters. The minimum Gasteiger partial charge on any atom is -0.355 e. The smallest absolute Gasteiger partial charge is 0.193 e. The van der Waals surface area contributed by atoms with Crippen LogP contribution in [0.25, 0.3) is 11.3 Å². The Hall–Kier alpha value is -2.34. The fraction of sp³-hybridized carbons (Fsp3) is 0.524. The molecule has 0 spiro atoms. The van der Waals surface area contributed by atoms with Gasteiger partial charge in [-0.05, 0) is 30.9 Å². The molecule has 2 heterocycles. The van der Waals surface area contributed by atoms with Gasteiger partial charge in [-0.1, -0.05) is 37.3 Å². The Labute approximate surface area is 162 Å². The van der Waals surface area contributed by atoms with Crippen LogP contribution in [-0.4, -0.2) is 66.0 Å². The van der Waals surface area contributed by atoms with Crippen molar-refractivity contribution < 1.29 is 0 Å². The summed E-state index contributed by atoms with van der Waals surface area (Å²) in [5.41, 5.74) is 2.19. The zero-order chi connectivity index (χ0) is 19.1. The first-order valence-electron chi connectivity index (χ1n) is 9.89. The van der Waals surface area contributed by atoms with Gasteiger partial charge in [0.25, 0.3) is 0 Å². The Morgan fingerprint density at radius 2 is 2.19 bits per heavy atom. The Balaban J connectivity index is 1.49. The molecule has 1 unspecified atom stereocenters. The van der Waals surface area contributed by atoms with Gasteiger partial charge in [0.15, 0.2) is 5.96 Å². The summed E-state index contributed by atoms with van der Waals surface area (Å²) < 4.78 is 0. The van der Waals surface area contributed by atoms with Crippen molar-refractivity contribution in [1.82, 2.24) is 25.1 Å². The third-order valence-electron chi connectivity index (χ3n) is 5.13. The predicted octanol–water partition coefficient (Wildman–Crippen LogP) is 2.82. The zero-order valence-electron chi connectivity index (χ0n) is 16.8. The number of aromatic amines is 1. The van der Waals surface area contributed by atoms with Crippen LogP contribution in [0, 0.1) is 5.92 Å². The lowest BCUT2D eigenvalue weighted by molar-refractivity contribution is 0.186. The quantitative estimate of drug-likeness (QED) is 0.608. The fourth-order valence-corrected chi connectivity index (χ4v) is 3.71. The number of rotatable bonds is 6. The number of aliphatic imine (C=N–C) groups is 1. The van der Waals surface area contributed by atoms with Gasteiger partial charge >= 0.3 is 0 Å². The average molecular weight is 369 g/mol. The highest BCUT2D eigenvalue weighted by Crippen LogP contribution is 2.16. The first kappa shape index (κ1) is 19.4. The largest absolute Gasteiger partial charge is 0.355 e. The molecule has 3 rings (SSSR count).